The number of hydrogen-bond acceptors (Lipinski definition) is 4. The number of amidine groups is 1. The van der Waals surface area contributed by atoms with Crippen LogP contribution in [0, 0.1) is 12.8 Å². The van der Waals surface area contributed by atoms with E-state index in [4.69, 9.17) is 18.8 Å². The van der Waals surface area contributed by atoms with E-state index in [0.717, 1.165) is 79.4 Å². The smallest absolute Gasteiger partial charge is 0.155 e. The molecule has 240 valence electrons. The van der Waals surface area contributed by atoms with Crippen LogP contribution in [0.3, 0.4) is 0 Å². The molecule has 4 heteroatoms. The Hall–Kier alpha value is -6.00. The molecule has 0 spiro atoms. The van der Waals surface area contributed by atoms with Crippen molar-refractivity contribution in [2.24, 2.45) is 15.9 Å². The zero-order chi connectivity index (χ0) is 33.3. The number of furan rings is 2. The Labute approximate surface area is 289 Å². The summed E-state index contributed by atoms with van der Waals surface area (Å²) in [5, 5.41) is 9.30. The molecule has 1 aliphatic rings. The average molecular weight is 647 g/mol. The van der Waals surface area contributed by atoms with Gasteiger partial charge in [-0.15, -0.1) is 0 Å². The van der Waals surface area contributed by atoms with Crippen molar-refractivity contribution < 1.29 is 8.83 Å². The molecule has 1 aliphatic heterocycles. The molecular weight excluding hydrogens is 613 g/mol. The number of nitrogens with zero attached hydrogens (tertiary/aromatic N) is 2. The first-order valence-electron chi connectivity index (χ1n) is 17.5. The van der Waals surface area contributed by atoms with Gasteiger partial charge in [0.2, 0.25) is 0 Å². The molecule has 3 heterocycles. The summed E-state index contributed by atoms with van der Waals surface area (Å²) in [4.78, 5) is 11.1. The van der Waals surface area contributed by atoms with Gasteiger partial charge in [0.15, 0.2) is 5.84 Å². The van der Waals surface area contributed by atoms with E-state index < -0.39 is 0 Å². The van der Waals surface area contributed by atoms with Gasteiger partial charge in [-0.2, -0.15) is 0 Å². The van der Waals surface area contributed by atoms with Crippen molar-refractivity contribution in [1.29, 1.82) is 0 Å². The van der Waals surface area contributed by atoms with Crippen LogP contribution >= 0.6 is 0 Å². The van der Waals surface area contributed by atoms with Gasteiger partial charge in [-0.25, -0.2) is 4.99 Å². The molecule has 0 saturated heterocycles. The molecule has 4 nitrogen and oxygen atoms in total. The fraction of sp³-hybridized carbons (Fsp3) is 0.130. The molecule has 0 N–H and O–H groups in total. The molecule has 0 saturated carbocycles. The highest BCUT2D eigenvalue weighted by atomic mass is 16.3. The van der Waals surface area contributed by atoms with Crippen molar-refractivity contribution in [3.05, 3.63) is 156 Å². The fourth-order valence-corrected chi connectivity index (χ4v) is 8.07. The third-order valence-electron chi connectivity index (χ3n) is 10.5. The van der Waals surface area contributed by atoms with Crippen molar-refractivity contribution in [2.75, 3.05) is 0 Å². The van der Waals surface area contributed by atoms with Gasteiger partial charge in [-0.3, -0.25) is 4.99 Å². The Kier molecular flexibility index (Phi) is 6.53. The largest absolute Gasteiger partial charge is 0.456 e. The maximum atomic E-state index is 6.77. The Bertz CT molecular complexity index is 2860. The molecule has 2 atom stereocenters. The summed E-state index contributed by atoms with van der Waals surface area (Å²) in [6, 6.07) is 47.1. The Balaban J connectivity index is 1.21. The highest BCUT2D eigenvalue weighted by Gasteiger charge is 2.26. The first-order chi connectivity index (χ1) is 24.6. The predicted molar refractivity (Wildman–Crippen MR) is 208 cm³/mol. The summed E-state index contributed by atoms with van der Waals surface area (Å²) in [6.45, 7) is 4.50. The lowest BCUT2D eigenvalue weighted by atomic mass is 9.87. The molecule has 0 bridgehead atoms. The SMILES string of the molecule is Cc1ccc(/C2=N/C(c3ccc4oc5ccccc5c4c3)=N\C(c3cccc4ccccc34)CC(C)C2)c2oc3cc4ccccc4cc3c12. The number of hydrogen-bond donors (Lipinski definition) is 0. The molecule has 0 amide bonds. The molecule has 0 radical (unpaired) electrons. The second-order valence-electron chi connectivity index (χ2n) is 13.9. The monoisotopic (exact) mass is 646 g/mol. The van der Waals surface area contributed by atoms with Gasteiger partial charge in [0.25, 0.3) is 0 Å². The van der Waals surface area contributed by atoms with E-state index in [-0.39, 0.29) is 6.04 Å². The first kappa shape index (κ1) is 29.0. The van der Waals surface area contributed by atoms with Gasteiger partial charge in [0.1, 0.15) is 22.3 Å². The third kappa shape index (κ3) is 4.67. The number of aryl methyl sites for hydroxylation is 1. The lowest BCUT2D eigenvalue weighted by molar-refractivity contribution is 0.488. The second-order valence-corrected chi connectivity index (χ2v) is 13.9. The van der Waals surface area contributed by atoms with E-state index in [1.165, 1.54) is 32.7 Å². The first-order valence-corrected chi connectivity index (χ1v) is 17.5. The summed E-state index contributed by atoms with van der Waals surface area (Å²) in [6.07, 6.45) is 1.70. The van der Waals surface area contributed by atoms with Crippen LogP contribution in [0.2, 0.25) is 0 Å². The van der Waals surface area contributed by atoms with Gasteiger partial charge >= 0.3 is 0 Å². The molecule has 0 fully saturated rings. The number of para-hydroxylation sites is 1. The van der Waals surface area contributed by atoms with Crippen molar-refractivity contribution in [3.8, 4) is 0 Å². The number of fused-ring (bicyclic) bond motifs is 8. The van der Waals surface area contributed by atoms with Crippen LogP contribution in [0.1, 0.15) is 48.1 Å². The molecular formula is C46H34N2O2. The maximum absolute atomic E-state index is 6.77. The molecule has 7 aromatic carbocycles. The van der Waals surface area contributed by atoms with E-state index in [0.29, 0.717) is 5.92 Å². The van der Waals surface area contributed by atoms with E-state index in [1.807, 2.05) is 12.1 Å². The fourth-order valence-electron chi connectivity index (χ4n) is 8.07. The number of rotatable bonds is 3. The summed E-state index contributed by atoms with van der Waals surface area (Å²) < 4.78 is 13.0. The minimum atomic E-state index is -0.0511. The summed E-state index contributed by atoms with van der Waals surface area (Å²) in [5.74, 6) is 1.05. The average Bonchev–Trinajstić information content (AvgIpc) is 3.70. The highest BCUT2D eigenvalue weighted by Crippen LogP contribution is 2.39. The van der Waals surface area contributed by atoms with E-state index >= 15 is 0 Å². The van der Waals surface area contributed by atoms with Crippen LogP contribution in [0.15, 0.2) is 152 Å². The van der Waals surface area contributed by atoms with Crippen LogP contribution in [0.4, 0.5) is 0 Å². The highest BCUT2D eigenvalue weighted by molar-refractivity contribution is 6.21. The molecule has 50 heavy (non-hydrogen) atoms. The standard InChI is InChI=1S/C46H34N2O2/c1-27-22-39(34-16-9-13-29-10-5-6-14-33(29)34)47-46(32-19-21-42-37(25-32)35-15-7-8-17-41(35)49-42)48-40(23-27)36-20-18-28(2)44-38-24-30-11-3-4-12-31(30)26-43(38)50-45(36)44/h3-21,24-27,39H,22-23H2,1-2H3/b47-46-,48-40+. The molecule has 2 unspecified atom stereocenters. The van der Waals surface area contributed by atoms with Crippen molar-refractivity contribution in [2.45, 2.75) is 32.7 Å². The van der Waals surface area contributed by atoms with Crippen LogP contribution < -0.4 is 0 Å². The lowest BCUT2D eigenvalue weighted by Crippen LogP contribution is -2.17. The van der Waals surface area contributed by atoms with Crippen LogP contribution in [-0.2, 0) is 0 Å². The summed E-state index contributed by atoms with van der Waals surface area (Å²) >= 11 is 0. The Morgan fingerprint density at radius 1 is 0.600 bits per heavy atom. The number of benzene rings is 7. The lowest BCUT2D eigenvalue weighted by Gasteiger charge is -2.24. The quantitative estimate of drug-likeness (QED) is 0.192. The normalized spacial score (nSPS) is 19.2. The zero-order valence-electron chi connectivity index (χ0n) is 28.0. The van der Waals surface area contributed by atoms with Gasteiger partial charge in [-0.05, 0) is 101 Å². The van der Waals surface area contributed by atoms with Crippen LogP contribution in [-0.4, -0.2) is 11.5 Å². The molecule has 2 aromatic heterocycles. The second kappa shape index (κ2) is 11.3. The number of aliphatic imine (C=N–C) groups is 2. The van der Waals surface area contributed by atoms with Crippen molar-refractivity contribution >= 4 is 77.0 Å². The molecule has 9 aromatic rings. The van der Waals surface area contributed by atoms with Gasteiger partial charge in [-0.1, -0.05) is 97.9 Å². The van der Waals surface area contributed by atoms with Crippen LogP contribution in [0.5, 0.6) is 0 Å². The molecule has 10 rings (SSSR count). The third-order valence-corrected chi connectivity index (χ3v) is 10.5. The molecule has 0 aliphatic carbocycles. The van der Waals surface area contributed by atoms with Gasteiger partial charge < -0.3 is 8.83 Å². The van der Waals surface area contributed by atoms with E-state index in [2.05, 4.69) is 135 Å². The minimum Gasteiger partial charge on any atom is -0.456 e. The van der Waals surface area contributed by atoms with Crippen molar-refractivity contribution in [3.63, 3.8) is 0 Å². The van der Waals surface area contributed by atoms with Crippen molar-refractivity contribution in [1.82, 2.24) is 0 Å². The summed E-state index contributed by atoms with van der Waals surface area (Å²) in [7, 11) is 0. The summed E-state index contributed by atoms with van der Waals surface area (Å²) in [5.41, 5.74) is 8.97. The van der Waals surface area contributed by atoms with Gasteiger partial charge in [0, 0.05) is 32.7 Å². The maximum Gasteiger partial charge on any atom is 0.155 e. The Morgan fingerprint density at radius 2 is 1.34 bits per heavy atom. The van der Waals surface area contributed by atoms with E-state index in [1.54, 1.807) is 0 Å². The van der Waals surface area contributed by atoms with Gasteiger partial charge in [0.05, 0.1) is 11.8 Å². The minimum absolute atomic E-state index is 0.0511. The predicted octanol–water partition coefficient (Wildman–Crippen LogP) is 12.5. The van der Waals surface area contributed by atoms with Crippen LogP contribution in [0.25, 0.3) is 65.4 Å². The zero-order valence-corrected chi connectivity index (χ0v) is 28.0. The van der Waals surface area contributed by atoms with E-state index in [9.17, 15) is 0 Å². The Morgan fingerprint density at radius 3 is 2.22 bits per heavy atom. The topological polar surface area (TPSA) is 51.0 Å².